The van der Waals surface area contributed by atoms with Gasteiger partial charge in [0, 0.05) is 12.3 Å². The number of Topliss-reactive ketones (excluding diaryl/α,β-unsaturated/α-hetero) is 1. The number of ketones is 1. The van der Waals surface area contributed by atoms with Crippen molar-refractivity contribution >= 4 is 5.78 Å². The lowest BCUT2D eigenvalue weighted by Crippen LogP contribution is -2.45. The first-order valence-electron chi connectivity index (χ1n) is 6.94. The maximum Gasteiger partial charge on any atom is 0.136 e. The molecule has 0 aromatic carbocycles. The van der Waals surface area contributed by atoms with Crippen LogP contribution >= 0.6 is 0 Å². The van der Waals surface area contributed by atoms with E-state index < -0.39 is 0 Å². The summed E-state index contributed by atoms with van der Waals surface area (Å²) in [6.45, 7) is 9.34. The van der Waals surface area contributed by atoms with Crippen LogP contribution in [0.5, 0.6) is 0 Å². The molecule has 1 nitrogen and oxygen atoms in total. The van der Waals surface area contributed by atoms with E-state index in [0.717, 1.165) is 18.8 Å². The summed E-state index contributed by atoms with van der Waals surface area (Å²) < 4.78 is 0. The molecule has 0 aromatic heterocycles. The topological polar surface area (TPSA) is 17.1 Å². The first-order chi connectivity index (χ1) is 7.41. The summed E-state index contributed by atoms with van der Waals surface area (Å²) >= 11 is 0. The van der Waals surface area contributed by atoms with Crippen molar-refractivity contribution in [2.75, 3.05) is 0 Å². The normalized spacial score (nSPS) is 40.6. The van der Waals surface area contributed by atoms with Gasteiger partial charge in [-0.3, -0.25) is 4.79 Å². The second-order valence-corrected chi connectivity index (χ2v) is 7.08. The highest BCUT2D eigenvalue weighted by molar-refractivity contribution is 5.82. The zero-order valence-corrected chi connectivity index (χ0v) is 11.3. The fraction of sp³-hybridized carbons (Fsp3) is 0.933. The van der Waals surface area contributed by atoms with Crippen LogP contribution in [0.1, 0.15) is 59.8 Å². The highest BCUT2D eigenvalue weighted by Crippen LogP contribution is 2.50. The molecule has 16 heavy (non-hydrogen) atoms. The van der Waals surface area contributed by atoms with Crippen molar-refractivity contribution in [2.24, 2.45) is 29.1 Å². The van der Waals surface area contributed by atoms with Crippen molar-refractivity contribution in [3.8, 4) is 0 Å². The van der Waals surface area contributed by atoms with Gasteiger partial charge in [0.25, 0.3) is 0 Å². The van der Waals surface area contributed by atoms with Crippen LogP contribution in [0.15, 0.2) is 0 Å². The summed E-state index contributed by atoms with van der Waals surface area (Å²) in [6, 6.07) is 0. The van der Waals surface area contributed by atoms with Gasteiger partial charge in [0.15, 0.2) is 0 Å². The van der Waals surface area contributed by atoms with Gasteiger partial charge in [0.1, 0.15) is 5.78 Å². The SMILES string of the molecule is C[C@@H]1CCC[C@H]2[C@@H]1C(=O)CC[C@@H]2C(C)(C)C. The Morgan fingerprint density at radius 3 is 2.44 bits per heavy atom. The molecule has 0 amide bonds. The van der Waals surface area contributed by atoms with Gasteiger partial charge in [-0.1, -0.05) is 34.1 Å². The summed E-state index contributed by atoms with van der Waals surface area (Å²) in [7, 11) is 0. The summed E-state index contributed by atoms with van der Waals surface area (Å²) in [5, 5.41) is 0. The van der Waals surface area contributed by atoms with E-state index in [4.69, 9.17) is 0 Å². The fourth-order valence-electron chi connectivity index (χ4n) is 4.22. The Labute approximate surface area is 100.0 Å². The molecule has 2 fully saturated rings. The van der Waals surface area contributed by atoms with Gasteiger partial charge in [0.05, 0.1) is 0 Å². The van der Waals surface area contributed by atoms with Crippen molar-refractivity contribution in [2.45, 2.75) is 59.8 Å². The average molecular weight is 222 g/mol. The van der Waals surface area contributed by atoms with Gasteiger partial charge in [-0.15, -0.1) is 0 Å². The molecule has 1 heteroatoms. The van der Waals surface area contributed by atoms with Crippen molar-refractivity contribution in [3.63, 3.8) is 0 Å². The van der Waals surface area contributed by atoms with E-state index in [2.05, 4.69) is 27.7 Å². The molecule has 0 unspecified atom stereocenters. The number of hydrogen-bond acceptors (Lipinski definition) is 1. The molecule has 0 aliphatic heterocycles. The molecular weight excluding hydrogens is 196 g/mol. The van der Waals surface area contributed by atoms with E-state index in [9.17, 15) is 4.79 Å². The number of fused-ring (bicyclic) bond motifs is 1. The Balaban J connectivity index is 2.23. The van der Waals surface area contributed by atoms with Gasteiger partial charge in [-0.2, -0.15) is 0 Å². The molecule has 0 bridgehead atoms. The van der Waals surface area contributed by atoms with Crippen LogP contribution in [0, 0.1) is 29.1 Å². The third-order valence-corrected chi connectivity index (χ3v) is 4.97. The third kappa shape index (κ3) is 2.06. The van der Waals surface area contributed by atoms with E-state index in [1.54, 1.807) is 0 Å². The van der Waals surface area contributed by atoms with Crippen LogP contribution in [-0.4, -0.2) is 5.78 Å². The van der Waals surface area contributed by atoms with Crippen molar-refractivity contribution in [3.05, 3.63) is 0 Å². The second-order valence-electron chi connectivity index (χ2n) is 7.08. The Morgan fingerprint density at radius 1 is 1.12 bits per heavy atom. The molecule has 0 saturated heterocycles. The highest BCUT2D eigenvalue weighted by atomic mass is 16.1. The molecule has 2 saturated carbocycles. The predicted molar refractivity (Wildman–Crippen MR) is 67.2 cm³/mol. The molecule has 0 heterocycles. The lowest BCUT2D eigenvalue weighted by atomic mass is 9.56. The lowest BCUT2D eigenvalue weighted by molar-refractivity contribution is -0.135. The van der Waals surface area contributed by atoms with E-state index >= 15 is 0 Å². The maximum atomic E-state index is 12.1. The molecule has 0 radical (unpaired) electrons. The van der Waals surface area contributed by atoms with Gasteiger partial charge in [-0.05, 0) is 42.4 Å². The van der Waals surface area contributed by atoms with Crippen molar-refractivity contribution in [1.82, 2.24) is 0 Å². The molecule has 2 rings (SSSR count). The van der Waals surface area contributed by atoms with Gasteiger partial charge >= 0.3 is 0 Å². The summed E-state index contributed by atoms with van der Waals surface area (Å²) in [6.07, 6.45) is 5.87. The Bertz CT molecular complexity index is 274. The van der Waals surface area contributed by atoms with Crippen LogP contribution in [0.2, 0.25) is 0 Å². The molecule has 2 aliphatic rings. The van der Waals surface area contributed by atoms with Gasteiger partial charge in [0.2, 0.25) is 0 Å². The van der Waals surface area contributed by atoms with Crippen LogP contribution in [0.3, 0.4) is 0 Å². The van der Waals surface area contributed by atoms with E-state index in [0.29, 0.717) is 29.0 Å². The highest BCUT2D eigenvalue weighted by Gasteiger charge is 2.46. The predicted octanol–water partition coefficient (Wildman–Crippen LogP) is 4.06. The Hall–Kier alpha value is -0.330. The molecular formula is C15H26O. The van der Waals surface area contributed by atoms with Crippen LogP contribution in [-0.2, 0) is 4.79 Å². The second kappa shape index (κ2) is 4.16. The van der Waals surface area contributed by atoms with E-state index in [1.165, 1.54) is 19.3 Å². The lowest BCUT2D eigenvalue weighted by Gasteiger charge is -2.48. The zero-order chi connectivity index (χ0) is 11.9. The van der Waals surface area contributed by atoms with Crippen molar-refractivity contribution in [1.29, 1.82) is 0 Å². The standard InChI is InChI=1S/C15H26O/c1-10-6-5-7-11-12(15(2,3)4)8-9-13(16)14(10)11/h10-12,14H,5-9H2,1-4H3/t10-,11-,12+,14-/m1/s1. The summed E-state index contributed by atoms with van der Waals surface area (Å²) in [5.74, 6) is 3.05. The first kappa shape index (κ1) is 12.1. The van der Waals surface area contributed by atoms with Crippen molar-refractivity contribution < 1.29 is 4.79 Å². The first-order valence-corrected chi connectivity index (χ1v) is 6.94. The minimum Gasteiger partial charge on any atom is -0.299 e. The molecule has 0 spiro atoms. The number of rotatable bonds is 0. The fourth-order valence-corrected chi connectivity index (χ4v) is 4.22. The molecule has 92 valence electrons. The minimum absolute atomic E-state index is 0.376. The van der Waals surface area contributed by atoms with Crippen LogP contribution in [0.25, 0.3) is 0 Å². The average Bonchev–Trinajstić information content (AvgIpc) is 2.16. The maximum absolute atomic E-state index is 12.1. The number of carbonyl (C=O) groups excluding carboxylic acids is 1. The van der Waals surface area contributed by atoms with Gasteiger partial charge < -0.3 is 0 Å². The molecule has 0 aromatic rings. The minimum atomic E-state index is 0.376. The third-order valence-electron chi connectivity index (χ3n) is 4.97. The Kier molecular flexibility index (Phi) is 3.16. The molecule has 2 aliphatic carbocycles. The summed E-state index contributed by atoms with van der Waals surface area (Å²) in [5.41, 5.74) is 0.376. The molecule has 4 atom stereocenters. The largest absolute Gasteiger partial charge is 0.299 e. The monoisotopic (exact) mass is 222 g/mol. The smallest absolute Gasteiger partial charge is 0.136 e. The van der Waals surface area contributed by atoms with Crippen LogP contribution < -0.4 is 0 Å². The Morgan fingerprint density at radius 2 is 1.81 bits per heavy atom. The summed E-state index contributed by atoms with van der Waals surface area (Å²) in [4.78, 5) is 12.1. The zero-order valence-electron chi connectivity index (χ0n) is 11.3. The van der Waals surface area contributed by atoms with E-state index in [-0.39, 0.29) is 0 Å². The molecule has 0 N–H and O–H groups in total. The quantitative estimate of drug-likeness (QED) is 0.604. The number of carbonyl (C=O) groups is 1. The van der Waals surface area contributed by atoms with Gasteiger partial charge in [-0.25, -0.2) is 0 Å². The number of hydrogen-bond donors (Lipinski definition) is 0. The van der Waals surface area contributed by atoms with E-state index in [1.807, 2.05) is 0 Å². The van der Waals surface area contributed by atoms with Crippen LogP contribution in [0.4, 0.5) is 0 Å².